The highest BCUT2D eigenvalue weighted by Crippen LogP contribution is 2.18. The van der Waals surface area contributed by atoms with Crippen LogP contribution >= 0.6 is 15.9 Å². The zero-order chi connectivity index (χ0) is 14.0. The molecule has 6 nitrogen and oxygen atoms in total. The summed E-state index contributed by atoms with van der Waals surface area (Å²) >= 11 is 3.30. The number of benzene rings is 1. The molecule has 0 radical (unpaired) electrons. The molecule has 1 saturated heterocycles. The first kappa shape index (κ1) is 14.3. The number of anilines is 1. The number of urea groups is 1. The highest BCUT2D eigenvalue weighted by Gasteiger charge is 2.33. The van der Waals surface area contributed by atoms with Gasteiger partial charge in [-0.25, -0.2) is 18.4 Å². The van der Waals surface area contributed by atoms with Gasteiger partial charge in [0.2, 0.25) is 10.0 Å². The molecule has 0 aromatic heterocycles. The molecule has 1 aromatic rings. The smallest absolute Gasteiger partial charge is 0.321 e. The molecule has 19 heavy (non-hydrogen) atoms. The lowest BCUT2D eigenvalue weighted by atomic mass is 10.3. The molecular formula is C11H14BrN3O3S. The number of sulfonamides is 1. The van der Waals surface area contributed by atoms with Crippen molar-refractivity contribution in [3.05, 3.63) is 28.7 Å². The minimum atomic E-state index is -3.58. The van der Waals surface area contributed by atoms with Crippen LogP contribution in [0.3, 0.4) is 0 Å². The van der Waals surface area contributed by atoms with E-state index in [1.54, 1.807) is 12.1 Å². The van der Waals surface area contributed by atoms with E-state index in [2.05, 4.69) is 21.2 Å². The summed E-state index contributed by atoms with van der Waals surface area (Å²) in [7, 11) is -3.58. The Morgan fingerprint density at radius 1 is 1.37 bits per heavy atom. The van der Waals surface area contributed by atoms with Gasteiger partial charge in [0.1, 0.15) is 0 Å². The van der Waals surface area contributed by atoms with E-state index in [9.17, 15) is 13.2 Å². The van der Waals surface area contributed by atoms with Gasteiger partial charge in [-0.3, -0.25) is 0 Å². The number of amides is 2. The van der Waals surface area contributed by atoms with Crippen molar-refractivity contribution in [3.63, 3.8) is 0 Å². The van der Waals surface area contributed by atoms with Crippen LogP contribution < -0.4 is 10.5 Å². The van der Waals surface area contributed by atoms with Crippen molar-refractivity contribution in [2.24, 2.45) is 5.14 Å². The van der Waals surface area contributed by atoms with E-state index in [4.69, 9.17) is 5.14 Å². The van der Waals surface area contributed by atoms with Crippen molar-refractivity contribution in [3.8, 4) is 0 Å². The minimum absolute atomic E-state index is 0.140. The van der Waals surface area contributed by atoms with Crippen molar-refractivity contribution in [1.82, 2.24) is 4.90 Å². The maximum absolute atomic E-state index is 11.9. The highest BCUT2D eigenvalue weighted by molar-refractivity contribution is 9.10. The van der Waals surface area contributed by atoms with Gasteiger partial charge in [-0.15, -0.1) is 0 Å². The number of carbonyl (C=O) groups excluding carboxylic acids is 1. The summed E-state index contributed by atoms with van der Waals surface area (Å²) in [6, 6.07) is 6.83. The van der Waals surface area contributed by atoms with Crippen molar-refractivity contribution < 1.29 is 13.2 Å². The first-order chi connectivity index (χ1) is 8.86. The molecule has 1 atom stereocenters. The molecule has 2 amide bonds. The molecule has 2 rings (SSSR count). The average Bonchev–Trinajstić information content (AvgIpc) is 2.81. The molecule has 8 heteroatoms. The lowest BCUT2D eigenvalue weighted by Gasteiger charge is -2.17. The number of hydrogen-bond donors (Lipinski definition) is 2. The zero-order valence-corrected chi connectivity index (χ0v) is 12.4. The number of hydrogen-bond acceptors (Lipinski definition) is 3. The van der Waals surface area contributed by atoms with Crippen LogP contribution in [0.2, 0.25) is 0 Å². The Labute approximate surface area is 120 Å². The topological polar surface area (TPSA) is 92.5 Å². The van der Waals surface area contributed by atoms with E-state index >= 15 is 0 Å². The van der Waals surface area contributed by atoms with Crippen LogP contribution in [0.25, 0.3) is 0 Å². The van der Waals surface area contributed by atoms with Gasteiger partial charge in [0.05, 0.1) is 5.25 Å². The van der Waals surface area contributed by atoms with Crippen molar-refractivity contribution in [2.75, 3.05) is 18.4 Å². The molecule has 1 aliphatic rings. The lowest BCUT2D eigenvalue weighted by molar-refractivity contribution is 0.222. The summed E-state index contributed by atoms with van der Waals surface area (Å²) < 4.78 is 23.3. The van der Waals surface area contributed by atoms with Crippen LogP contribution in [0, 0.1) is 0 Å². The molecular weight excluding hydrogens is 334 g/mol. The first-order valence-electron chi connectivity index (χ1n) is 5.69. The third-order valence-corrected chi connectivity index (χ3v) is 4.84. The molecule has 1 unspecified atom stereocenters. The number of primary sulfonamides is 1. The predicted molar refractivity (Wildman–Crippen MR) is 76.2 cm³/mol. The maximum atomic E-state index is 11.9. The zero-order valence-electron chi connectivity index (χ0n) is 10.0. The number of rotatable bonds is 2. The van der Waals surface area contributed by atoms with Crippen molar-refractivity contribution in [1.29, 1.82) is 0 Å². The van der Waals surface area contributed by atoms with E-state index in [1.165, 1.54) is 4.90 Å². The highest BCUT2D eigenvalue weighted by atomic mass is 79.9. The van der Waals surface area contributed by atoms with E-state index in [-0.39, 0.29) is 12.6 Å². The third-order valence-electron chi connectivity index (χ3n) is 2.99. The fourth-order valence-corrected chi connectivity index (χ4v) is 3.00. The van der Waals surface area contributed by atoms with E-state index in [1.807, 2.05) is 12.1 Å². The molecule has 3 N–H and O–H groups in total. The average molecular weight is 348 g/mol. The van der Waals surface area contributed by atoms with Gasteiger partial charge in [-0.05, 0) is 30.7 Å². The number of nitrogens with one attached hydrogen (secondary N) is 1. The summed E-state index contributed by atoms with van der Waals surface area (Å²) in [5.41, 5.74) is 0.659. The monoisotopic (exact) mass is 347 g/mol. The largest absolute Gasteiger partial charge is 0.323 e. The Hall–Kier alpha value is -1.12. The number of likely N-dealkylation sites (tertiary alicyclic amines) is 1. The van der Waals surface area contributed by atoms with Gasteiger partial charge < -0.3 is 10.2 Å². The second kappa shape index (κ2) is 5.48. The molecule has 1 aliphatic heterocycles. The van der Waals surface area contributed by atoms with Crippen LogP contribution in [0.15, 0.2) is 28.7 Å². The van der Waals surface area contributed by atoms with Gasteiger partial charge >= 0.3 is 6.03 Å². The van der Waals surface area contributed by atoms with Crippen LogP contribution in [-0.2, 0) is 10.0 Å². The number of nitrogens with two attached hydrogens (primary N) is 1. The minimum Gasteiger partial charge on any atom is -0.323 e. The van der Waals surface area contributed by atoms with Crippen molar-refractivity contribution in [2.45, 2.75) is 11.7 Å². The Balaban J connectivity index is 1.97. The molecule has 0 spiro atoms. The second-order valence-electron chi connectivity index (χ2n) is 4.38. The van der Waals surface area contributed by atoms with Gasteiger partial charge in [0, 0.05) is 23.2 Å². The lowest BCUT2D eigenvalue weighted by Crippen LogP contribution is -2.36. The molecule has 0 saturated carbocycles. The molecule has 0 bridgehead atoms. The Kier molecular flexibility index (Phi) is 4.12. The molecule has 1 heterocycles. The Bertz CT molecular complexity index is 573. The van der Waals surface area contributed by atoms with Crippen LogP contribution in [0.4, 0.5) is 10.5 Å². The summed E-state index contributed by atoms with van der Waals surface area (Å²) in [5.74, 6) is 0. The Morgan fingerprint density at radius 3 is 2.53 bits per heavy atom. The van der Waals surface area contributed by atoms with Crippen molar-refractivity contribution >= 4 is 37.7 Å². The quantitative estimate of drug-likeness (QED) is 0.845. The van der Waals surface area contributed by atoms with E-state index in [0.29, 0.717) is 18.7 Å². The van der Waals surface area contributed by atoms with Crippen LogP contribution in [-0.4, -0.2) is 37.7 Å². The molecule has 0 aliphatic carbocycles. The summed E-state index contributed by atoms with van der Waals surface area (Å²) in [6.07, 6.45) is 0.382. The third kappa shape index (κ3) is 3.68. The fraction of sp³-hybridized carbons (Fsp3) is 0.364. The van der Waals surface area contributed by atoms with Gasteiger partial charge in [-0.2, -0.15) is 0 Å². The number of halogens is 1. The predicted octanol–water partition coefficient (Wildman–Crippen LogP) is 1.34. The van der Waals surface area contributed by atoms with E-state index in [0.717, 1.165) is 4.47 Å². The number of carbonyl (C=O) groups is 1. The first-order valence-corrected chi connectivity index (χ1v) is 8.09. The summed E-state index contributed by atoms with van der Waals surface area (Å²) in [5, 5.41) is 7.13. The molecule has 1 aromatic carbocycles. The SMILES string of the molecule is NS(=O)(=O)C1CCN(C(=O)Nc2ccc(Br)cc2)C1. The van der Waals surface area contributed by atoms with Crippen LogP contribution in [0.5, 0.6) is 0 Å². The maximum Gasteiger partial charge on any atom is 0.321 e. The Morgan fingerprint density at radius 2 is 2.00 bits per heavy atom. The second-order valence-corrected chi connectivity index (χ2v) is 7.14. The molecule has 1 fully saturated rings. The van der Waals surface area contributed by atoms with E-state index < -0.39 is 15.3 Å². The normalized spacial score (nSPS) is 19.5. The fourth-order valence-electron chi connectivity index (χ4n) is 1.92. The van der Waals surface area contributed by atoms with Crippen LogP contribution in [0.1, 0.15) is 6.42 Å². The molecule has 104 valence electrons. The summed E-state index contributed by atoms with van der Waals surface area (Å²) in [6.45, 7) is 0.532. The summed E-state index contributed by atoms with van der Waals surface area (Å²) in [4.78, 5) is 13.4. The van der Waals surface area contributed by atoms with Gasteiger partial charge in [0.25, 0.3) is 0 Å². The van der Waals surface area contributed by atoms with Gasteiger partial charge in [-0.1, -0.05) is 15.9 Å². The number of nitrogens with zero attached hydrogens (tertiary/aromatic N) is 1. The standard InChI is InChI=1S/C11H14BrN3O3S/c12-8-1-3-9(4-2-8)14-11(16)15-6-5-10(7-15)19(13,17)18/h1-4,10H,5-7H2,(H,14,16)(H2,13,17,18). The van der Waals surface area contributed by atoms with Gasteiger partial charge in [0.15, 0.2) is 0 Å².